The molecule has 4 nitrogen and oxygen atoms in total. The van der Waals surface area contributed by atoms with E-state index in [0.29, 0.717) is 0 Å². The Morgan fingerprint density at radius 2 is 1.73 bits per heavy atom. The molecule has 1 aliphatic rings. The van der Waals surface area contributed by atoms with Crippen LogP contribution in [-0.2, 0) is 9.53 Å². The van der Waals surface area contributed by atoms with Crippen molar-refractivity contribution in [2.75, 3.05) is 36.5 Å². The molecular formula is C22H28N2O2. The van der Waals surface area contributed by atoms with Crippen molar-refractivity contribution in [2.24, 2.45) is 5.92 Å². The van der Waals surface area contributed by atoms with Crippen LogP contribution in [0.5, 0.6) is 0 Å². The van der Waals surface area contributed by atoms with Crippen molar-refractivity contribution in [3.8, 4) is 0 Å². The van der Waals surface area contributed by atoms with Gasteiger partial charge in [0.25, 0.3) is 0 Å². The second-order valence-electron chi connectivity index (χ2n) is 6.91. The molecule has 4 heteroatoms. The molecule has 138 valence electrons. The molecule has 1 aliphatic heterocycles. The molecule has 1 saturated heterocycles. The molecule has 0 saturated carbocycles. The highest BCUT2D eigenvalue weighted by molar-refractivity contribution is 5.96. The Hall–Kier alpha value is -2.33. The van der Waals surface area contributed by atoms with E-state index in [1.807, 2.05) is 42.5 Å². The summed E-state index contributed by atoms with van der Waals surface area (Å²) in [4.78, 5) is 15.3. The van der Waals surface area contributed by atoms with Crippen molar-refractivity contribution < 1.29 is 9.53 Å². The standard InChI is InChI=1S/C22H28N2O2/c1-3-17(2)21(18-7-5-4-6-8-18)22(25)23-19-9-11-20(12-10-19)24-13-15-26-16-14-24/h4-12,17,21H,3,13-16H2,1-2H3,(H,23,25)/t17-,21+/m1/s1. The zero-order valence-electron chi connectivity index (χ0n) is 15.7. The first-order valence-corrected chi connectivity index (χ1v) is 9.47. The second-order valence-corrected chi connectivity index (χ2v) is 6.91. The van der Waals surface area contributed by atoms with E-state index in [0.717, 1.165) is 44.0 Å². The first-order chi connectivity index (χ1) is 12.7. The van der Waals surface area contributed by atoms with E-state index in [-0.39, 0.29) is 17.7 Å². The van der Waals surface area contributed by atoms with Gasteiger partial charge in [-0.25, -0.2) is 0 Å². The van der Waals surface area contributed by atoms with E-state index < -0.39 is 0 Å². The molecule has 26 heavy (non-hydrogen) atoms. The predicted octanol–water partition coefficient (Wildman–Crippen LogP) is 4.29. The molecule has 0 aliphatic carbocycles. The Morgan fingerprint density at radius 1 is 1.08 bits per heavy atom. The molecule has 0 spiro atoms. The number of nitrogens with zero attached hydrogens (tertiary/aromatic N) is 1. The lowest BCUT2D eigenvalue weighted by Crippen LogP contribution is -2.36. The van der Waals surface area contributed by atoms with Crippen LogP contribution >= 0.6 is 0 Å². The number of nitrogens with one attached hydrogen (secondary N) is 1. The number of hydrogen-bond acceptors (Lipinski definition) is 3. The minimum atomic E-state index is -0.139. The third kappa shape index (κ3) is 4.44. The maximum Gasteiger partial charge on any atom is 0.232 e. The highest BCUT2D eigenvalue weighted by Crippen LogP contribution is 2.29. The average Bonchev–Trinajstić information content (AvgIpc) is 2.70. The topological polar surface area (TPSA) is 41.6 Å². The highest BCUT2D eigenvalue weighted by atomic mass is 16.5. The summed E-state index contributed by atoms with van der Waals surface area (Å²) in [6.45, 7) is 7.63. The van der Waals surface area contributed by atoms with Gasteiger partial charge in [0.15, 0.2) is 0 Å². The summed E-state index contributed by atoms with van der Waals surface area (Å²) in [5, 5.41) is 3.10. The molecule has 1 heterocycles. The van der Waals surface area contributed by atoms with Crippen LogP contribution < -0.4 is 10.2 Å². The van der Waals surface area contributed by atoms with Crippen molar-refractivity contribution in [3.63, 3.8) is 0 Å². The van der Waals surface area contributed by atoms with Crippen LogP contribution in [0.2, 0.25) is 0 Å². The largest absolute Gasteiger partial charge is 0.378 e. The lowest BCUT2D eigenvalue weighted by Gasteiger charge is -2.29. The molecule has 0 unspecified atom stereocenters. The highest BCUT2D eigenvalue weighted by Gasteiger charge is 2.25. The summed E-state index contributed by atoms with van der Waals surface area (Å²) in [7, 11) is 0. The summed E-state index contributed by atoms with van der Waals surface area (Å²) in [5.74, 6) is 0.204. The third-order valence-corrected chi connectivity index (χ3v) is 5.17. The predicted molar refractivity (Wildman–Crippen MR) is 107 cm³/mol. The molecule has 1 fully saturated rings. The maximum atomic E-state index is 13.0. The molecule has 2 atom stereocenters. The minimum Gasteiger partial charge on any atom is -0.378 e. The van der Waals surface area contributed by atoms with Crippen LogP contribution in [0, 0.1) is 5.92 Å². The number of benzene rings is 2. The average molecular weight is 352 g/mol. The fourth-order valence-electron chi connectivity index (χ4n) is 3.43. The molecule has 2 aromatic carbocycles. The van der Waals surface area contributed by atoms with Gasteiger partial charge in [-0.15, -0.1) is 0 Å². The number of hydrogen-bond donors (Lipinski definition) is 1. The molecular weight excluding hydrogens is 324 g/mol. The number of rotatable bonds is 6. The van der Waals surface area contributed by atoms with E-state index in [1.165, 1.54) is 5.69 Å². The van der Waals surface area contributed by atoms with Crippen molar-refractivity contribution >= 4 is 17.3 Å². The van der Waals surface area contributed by atoms with Gasteiger partial charge in [-0.2, -0.15) is 0 Å². The van der Waals surface area contributed by atoms with Gasteiger partial charge in [0.1, 0.15) is 0 Å². The Bertz CT molecular complexity index is 694. The van der Waals surface area contributed by atoms with E-state index in [2.05, 4.69) is 36.2 Å². The number of anilines is 2. The zero-order chi connectivity index (χ0) is 18.4. The van der Waals surface area contributed by atoms with Gasteiger partial charge in [0, 0.05) is 24.5 Å². The van der Waals surface area contributed by atoms with Gasteiger partial charge in [0.05, 0.1) is 19.1 Å². The normalized spacial score (nSPS) is 16.8. The van der Waals surface area contributed by atoms with E-state index in [9.17, 15) is 4.79 Å². The van der Waals surface area contributed by atoms with Crippen LogP contribution in [0.25, 0.3) is 0 Å². The fourth-order valence-corrected chi connectivity index (χ4v) is 3.43. The SMILES string of the molecule is CC[C@@H](C)[C@H](C(=O)Nc1ccc(N2CCOCC2)cc1)c1ccccc1. The Balaban J connectivity index is 1.70. The maximum absolute atomic E-state index is 13.0. The van der Waals surface area contributed by atoms with Crippen molar-refractivity contribution in [1.82, 2.24) is 0 Å². The van der Waals surface area contributed by atoms with Crippen LogP contribution in [0.15, 0.2) is 54.6 Å². The molecule has 1 amide bonds. The van der Waals surface area contributed by atoms with E-state index in [4.69, 9.17) is 4.74 Å². The van der Waals surface area contributed by atoms with Gasteiger partial charge >= 0.3 is 0 Å². The Morgan fingerprint density at radius 3 is 2.35 bits per heavy atom. The zero-order valence-corrected chi connectivity index (χ0v) is 15.7. The van der Waals surface area contributed by atoms with E-state index in [1.54, 1.807) is 0 Å². The summed E-state index contributed by atoms with van der Waals surface area (Å²) >= 11 is 0. The van der Waals surface area contributed by atoms with Gasteiger partial charge in [0.2, 0.25) is 5.91 Å². The van der Waals surface area contributed by atoms with Crippen molar-refractivity contribution in [3.05, 3.63) is 60.2 Å². The molecule has 2 aromatic rings. The lowest BCUT2D eigenvalue weighted by atomic mass is 9.85. The monoisotopic (exact) mass is 352 g/mol. The third-order valence-electron chi connectivity index (χ3n) is 5.17. The van der Waals surface area contributed by atoms with Gasteiger partial charge < -0.3 is 15.0 Å². The summed E-state index contributed by atoms with van der Waals surface area (Å²) < 4.78 is 5.40. The van der Waals surface area contributed by atoms with Crippen LogP contribution in [-0.4, -0.2) is 32.2 Å². The van der Waals surface area contributed by atoms with Gasteiger partial charge in [-0.1, -0.05) is 50.6 Å². The fraction of sp³-hybridized carbons (Fsp3) is 0.409. The number of carbonyl (C=O) groups excluding carboxylic acids is 1. The van der Waals surface area contributed by atoms with Gasteiger partial charge in [-0.05, 0) is 35.7 Å². The number of carbonyl (C=O) groups is 1. The van der Waals surface area contributed by atoms with Crippen LogP contribution in [0.4, 0.5) is 11.4 Å². The summed E-state index contributed by atoms with van der Waals surface area (Å²) in [6, 6.07) is 18.2. The van der Waals surface area contributed by atoms with Crippen molar-refractivity contribution in [2.45, 2.75) is 26.2 Å². The second kappa shape index (κ2) is 8.86. The quantitative estimate of drug-likeness (QED) is 0.843. The smallest absolute Gasteiger partial charge is 0.232 e. The number of ether oxygens (including phenoxy) is 1. The van der Waals surface area contributed by atoms with Crippen LogP contribution in [0.3, 0.4) is 0 Å². The number of amides is 1. The molecule has 0 radical (unpaired) electrons. The number of morpholine rings is 1. The first kappa shape index (κ1) is 18.5. The summed E-state index contributed by atoms with van der Waals surface area (Å²) in [6.07, 6.45) is 0.961. The first-order valence-electron chi connectivity index (χ1n) is 9.47. The van der Waals surface area contributed by atoms with Crippen molar-refractivity contribution in [1.29, 1.82) is 0 Å². The Kier molecular flexibility index (Phi) is 6.29. The van der Waals surface area contributed by atoms with Crippen LogP contribution in [0.1, 0.15) is 31.7 Å². The molecule has 0 aromatic heterocycles. The van der Waals surface area contributed by atoms with E-state index >= 15 is 0 Å². The summed E-state index contributed by atoms with van der Waals surface area (Å²) in [5.41, 5.74) is 3.09. The molecule has 3 rings (SSSR count). The van der Waals surface area contributed by atoms with Gasteiger partial charge in [-0.3, -0.25) is 4.79 Å². The molecule has 1 N–H and O–H groups in total. The Labute approximate surface area is 156 Å². The molecule has 0 bridgehead atoms. The lowest BCUT2D eigenvalue weighted by molar-refractivity contribution is -0.118. The minimum absolute atomic E-state index is 0.0599.